The maximum Gasteiger partial charge on any atom is 0.490 e. The van der Waals surface area contributed by atoms with Gasteiger partial charge in [0.1, 0.15) is 6.04 Å². The van der Waals surface area contributed by atoms with E-state index < -0.39 is 42.3 Å². The smallest absolute Gasteiger partial charge is 0.478 e. The first-order valence-corrected chi connectivity index (χ1v) is 15.2. The monoisotopic (exact) mass is 728 g/mol. The second kappa shape index (κ2) is 17.8. The molecular formula is C29H38F6N6O9. The van der Waals surface area contributed by atoms with Crippen LogP contribution in [0, 0.1) is 11.8 Å². The van der Waals surface area contributed by atoms with Crippen LogP contribution in [-0.2, 0) is 19.2 Å². The summed E-state index contributed by atoms with van der Waals surface area (Å²) < 4.78 is 63.5. The Morgan fingerprint density at radius 3 is 1.68 bits per heavy atom. The first kappa shape index (κ1) is 41.5. The first-order valence-electron chi connectivity index (χ1n) is 15.2. The van der Waals surface area contributed by atoms with Crippen LogP contribution in [0.15, 0.2) is 24.3 Å². The van der Waals surface area contributed by atoms with Gasteiger partial charge in [0.25, 0.3) is 0 Å². The number of piperazine rings is 1. The number of nitrogens with zero attached hydrogens (tertiary/aromatic N) is 3. The molecule has 2 heterocycles. The number of benzene rings is 1. The average molecular weight is 729 g/mol. The molecule has 0 radical (unpaired) electrons. The van der Waals surface area contributed by atoms with Crippen molar-refractivity contribution < 1.29 is 70.4 Å². The van der Waals surface area contributed by atoms with Gasteiger partial charge in [-0.05, 0) is 68.8 Å². The Labute approximate surface area is 281 Å². The zero-order valence-corrected chi connectivity index (χ0v) is 26.5. The average Bonchev–Trinajstić information content (AvgIpc) is 3.50. The Bertz CT molecular complexity index is 1340. The number of nitrogens with one attached hydrogen (secondary N) is 1. The van der Waals surface area contributed by atoms with E-state index in [0.29, 0.717) is 57.3 Å². The van der Waals surface area contributed by atoms with Gasteiger partial charge in [-0.3, -0.25) is 14.5 Å². The molecule has 0 unspecified atom stereocenters. The Balaban J connectivity index is 0.000000521. The topological polar surface area (TPSA) is 237 Å². The van der Waals surface area contributed by atoms with Crippen molar-refractivity contribution in [2.24, 2.45) is 23.3 Å². The number of anilines is 1. The van der Waals surface area contributed by atoms with Gasteiger partial charge >= 0.3 is 36.3 Å². The molecule has 8 N–H and O–H groups in total. The third-order valence-electron chi connectivity index (χ3n) is 8.42. The number of amides is 4. The number of carboxylic acids is 3. The molecule has 1 aromatic rings. The second-order valence-electron chi connectivity index (χ2n) is 11.7. The molecule has 2 aliphatic heterocycles. The maximum absolute atomic E-state index is 13.6. The molecule has 3 aliphatic rings. The number of halogens is 6. The van der Waals surface area contributed by atoms with Crippen molar-refractivity contribution in [2.45, 2.75) is 56.5 Å². The zero-order valence-electron chi connectivity index (χ0n) is 26.5. The largest absolute Gasteiger partial charge is 0.490 e. The van der Waals surface area contributed by atoms with Crippen LogP contribution in [0.5, 0.6) is 0 Å². The number of primary amides is 1. The molecule has 21 heteroatoms. The summed E-state index contributed by atoms with van der Waals surface area (Å²) in [5.74, 6) is -6.47. The number of carboxylic acid groups (broad SMARTS) is 3. The summed E-state index contributed by atoms with van der Waals surface area (Å²) in [7, 11) is 0. The maximum atomic E-state index is 13.6. The fourth-order valence-corrected chi connectivity index (χ4v) is 5.68. The number of urea groups is 1. The molecule has 0 aromatic heterocycles. The highest BCUT2D eigenvalue weighted by molar-refractivity contribution is 5.98. The minimum Gasteiger partial charge on any atom is -0.478 e. The van der Waals surface area contributed by atoms with Crippen molar-refractivity contribution in [1.82, 2.24) is 14.7 Å². The fraction of sp³-hybridized carbons (Fsp3) is 0.586. The van der Waals surface area contributed by atoms with Gasteiger partial charge < -0.3 is 41.9 Å². The third kappa shape index (κ3) is 12.3. The van der Waals surface area contributed by atoms with Crippen LogP contribution in [0.3, 0.4) is 0 Å². The number of aromatic carboxylic acids is 1. The summed E-state index contributed by atoms with van der Waals surface area (Å²) >= 11 is 0. The van der Waals surface area contributed by atoms with Gasteiger partial charge in [-0.15, -0.1) is 0 Å². The molecule has 1 aliphatic carbocycles. The predicted octanol–water partition coefficient (Wildman–Crippen LogP) is 2.02. The lowest BCUT2D eigenvalue weighted by Crippen LogP contribution is -2.54. The summed E-state index contributed by atoms with van der Waals surface area (Å²) in [6.07, 6.45) is -6.26. The van der Waals surface area contributed by atoms with E-state index in [2.05, 4.69) is 10.2 Å². The number of hydrogen-bond donors (Lipinski definition) is 6. The van der Waals surface area contributed by atoms with Gasteiger partial charge in [-0.2, -0.15) is 26.3 Å². The van der Waals surface area contributed by atoms with Gasteiger partial charge in [0.15, 0.2) is 0 Å². The Kier molecular flexibility index (Phi) is 14.8. The van der Waals surface area contributed by atoms with E-state index in [1.165, 1.54) is 12.1 Å². The van der Waals surface area contributed by atoms with Crippen LogP contribution in [0.2, 0.25) is 0 Å². The van der Waals surface area contributed by atoms with Crippen molar-refractivity contribution in [1.29, 1.82) is 0 Å². The lowest BCUT2D eigenvalue weighted by molar-refractivity contribution is -0.193. The summed E-state index contributed by atoms with van der Waals surface area (Å²) in [6, 6.07) is 4.93. The number of likely N-dealkylation sites (tertiary alicyclic amines) is 1. The summed E-state index contributed by atoms with van der Waals surface area (Å²) in [5, 5.41) is 26.2. The molecule has 50 heavy (non-hydrogen) atoms. The number of carbonyl (C=O) groups excluding carboxylic acids is 3. The molecule has 4 amide bonds. The minimum absolute atomic E-state index is 0.00879. The van der Waals surface area contributed by atoms with Crippen LogP contribution < -0.4 is 16.8 Å². The lowest BCUT2D eigenvalue weighted by Gasteiger charge is -2.37. The van der Waals surface area contributed by atoms with Gasteiger partial charge in [-0.1, -0.05) is 0 Å². The van der Waals surface area contributed by atoms with Crippen LogP contribution in [-0.4, -0.2) is 129 Å². The minimum atomic E-state index is -5.08. The number of hydrogen-bond acceptors (Lipinski definition) is 8. The molecule has 0 bridgehead atoms. The van der Waals surface area contributed by atoms with Crippen molar-refractivity contribution in [3.05, 3.63) is 29.8 Å². The molecule has 4 rings (SSSR count). The second-order valence-corrected chi connectivity index (χ2v) is 11.7. The highest BCUT2D eigenvalue weighted by atomic mass is 19.4. The molecule has 3 fully saturated rings. The quantitative estimate of drug-likeness (QED) is 0.232. The Hall–Kier alpha value is -4.66. The van der Waals surface area contributed by atoms with Crippen LogP contribution in [0.25, 0.3) is 0 Å². The molecule has 1 saturated carbocycles. The van der Waals surface area contributed by atoms with E-state index in [0.717, 1.165) is 25.7 Å². The van der Waals surface area contributed by atoms with Crippen molar-refractivity contribution >= 4 is 41.4 Å². The van der Waals surface area contributed by atoms with Gasteiger partial charge in [-0.25, -0.2) is 19.2 Å². The molecule has 2 saturated heterocycles. The Morgan fingerprint density at radius 2 is 1.28 bits per heavy atom. The van der Waals surface area contributed by atoms with Crippen molar-refractivity contribution in [3.63, 3.8) is 0 Å². The van der Waals surface area contributed by atoms with Crippen molar-refractivity contribution in [2.75, 3.05) is 44.6 Å². The summed E-state index contributed by atoms with van der Waals surface area (Å²) in [5.41, 5.74) is 11.9. The Morgan fingerprint density at radius 1 is 0.800 bits per heavy atom. The van der Waals surface area contributed by atoms with E-state index in [1.807, 2.05) is 0 Å². The number of alkyl halides is 6. The van der Waals surface area contributed by atoms with E-state index in [-0.39, 0.29) is 29.3 Å². The SMILES string of the molecule is NCC1CCC(C(=O)N2C[C@@H](N3CCN(C(N)=O)CC3)C[C@H]2C(=O)Nc2ccc(C(=O)O)cc2)CC1.O=C(O)C(F)(F)F.O=C(O)C(F)(F)F. The van der Waals surface area contributed by atoms with Gasteiger partial charge in [0.2, 0.25) is 11.8 Å². The van der Waals surface area contributed by atoms with Crippen LogP contribution >= 0.6 is 0 Å². The predicted molar refractivity (Wildman–Crippen MR) is 161 cm³/mol. The number of nitrogens with two attached hydrogens (primary N) is 2. The molecule has 1 aromatic carbocycles. The molecule has 15 nitrogen and oxygen atoms in total. The normalized spacial score (nSPS) is 22.6. The summed E-state index contributed by atoms with van der Waals surface area (Å²) in [6.45, 7) is 3.42. The van der Waals surface area contributed by atoms with Crippen molar-refractivity contribution in [3.8, 4) is 0 Å². The van der Waals surface area contributed by atoms with E-state index in [1.54, 1.807) is 21.9 Å². The molecule has 2 atom stereocenters. The van der Waals surface area contributed by atoms with Gasteiger partial charge in [0.05, 0.1) is 5.56 Å². The van der Waals surface area contributed by atoms with E-state index in [4.69, 9.17) is 36.4 Å². The summed E-state index contributed by atoms with van der Waals surface area (Å²) in [4.78, 5) is 73.0. The third-order valence-corrected chi connectivity index (χ3v) is 8.42. The zero-order chi connectivity index (χ0) is 38.0. The van der Waals surface area contributed by atoms with E-state index >= 15 is 0 Å². The first-order chi connectivity index (χ1) is 23.1. The number of rotatable bonds is 6. The number of aliphatic carboxylic acids is 2. The highest BCUT2D eigenvalue weighted by Crippen LogP contribution is 2.33. The van der Waals surface area contributed by atoms with Crippen LogP contribution in [0.1, 0.15) is 42.5 Å². The number of carbonyl (C=O) groups is 6. The van der Waals surface area contributed by atoms with E-state index in [9.17, 15) is 45.5 Å². The van der Waals surface area contributed by atoms with Crippen LogP contribution in [0.4, 0.5) is 36.8 Å². The molecule has 0 spiro atoms. The molecule has 280 valence electrons. The molecular weight excluding hydrogens is 690 g/mol. The fourth-order valence-electron chi connectivity index (χ4n) is 5.68. The lowest BCUT2D eigenvalue weighted by atomic mass is 9.81. The van der Waals surface area contributed by atoms with Gasteiger partial charge in [0, 0.05) is 50.4 Å². The highest BCUT2D eigenvalue weighted by Gasteiger charge is 2.44. The standard InChI is InChI=1S/C25H36N6O5.2C2HF3O2/c26-14-16-1-3-17(4-2-16)23(33)31-15-20(29-9-11-30(12-10-29)25(27)36)13-21(31)22(32)28-19-7-5-18(6-8-19)24(34)35;2*3-2(4,5)1(6)7/h5-8,16-17,20-21H,1-4,9-15,26H2,(H2,27,36)(H,28,32)(H,34,35);2*(H,6,7)/t16?,17?,20-,21-;;/m0../s1.